The zero-order valence-corrected chi connectivity index (χ0v) is 8.54. The Bertz CT molecular complexity index is 214. The van der Waals surface area contributed by atoms with Crippen molar-refractivity contribution in [2.24, 2.45) is 5.41 Å². The molecule has 0 unspecified atom stereocenters. The summed E-state index contributed by atoms with van der Waals surface area (Å²) in [5.41, 5.74) is 0.522. The molecule has 0 atom stereocenters. The van der Waals surface area contributed by atoms with E-state index in [4.69, 9.17) is 0 Å². The lowest BCUT2D eigenvalue weighted by Gasteiger charge is -2.22. The van der Waals surface area contributed by atoms with Gasteiger partial charge in [0.25, 0.3) is 0 Å². The highest BCUT2D eigenvalue weighted by atomic mass is 31.7. The summed E-state index contributed by atoms with van der Waals surface area (Å²) >= 11 is 0. The van der Waals surface area contributed by atoms with Gasteiger partial charge in [-0.3, -0.25) is 0 Å². The van der Waals surface area contributed by atoms with Crippen molar-refractivity contribution in [3.8, 4) is 0 Å². The quantitative estimate of drug-likeness (QED) is 0.551. The molecule has 1 radical (unpaired) electrons. The number of hydrogen-bond donors (Lipinski definition) is 0. The van der Waals surface area contributed by atoms with Crippen LogP contribution in [0.15, 0.2) is 11.5 Å². The molecule has 2 aliphatic rings. The minimum absolute atomic E-state index is 0.522. The Kier molecular flexibility index (Phi) is 2.04. The molecule has 3 heteroatoms. The van der Waals surface area contributed by atoms with Crippen molar-refractivity contribution < 1.29 is 0 Å². The predicted molar refractivity (Wildman–Crippen MR) is 50.6 cm³/mol. The van der Waals surface area contributed by atoms with E-state index in [2.05, 4.69) is 18.2 Å². The Morgan fingerprint density at radius 3 is 2.73 bits per heavy atom. The molecule has 1 saturated carbocycles. The molecule has 0 aromatic rings. The average Bonchev–Trinajstić information content (AvgIpc) is 2.55. The number of hydrogen-bond acceptors (Lipinski definition) is 0. The van der Waals surface area contributed by atoms with Crippen LogP contribution < -0.4 is 5.09 Å². The van der Waals surface area contributed by atoms with E-state index < -0.39 is 0 Å². The van der Waals surface area contributed by atoms with E-state index in [9.17, 15) is 0 Å². The van der Waals surface area contributed by atoms with Gasteiger partial charge in [-0.15, -0.1) is 0 Å². The topological polar surface area (TPSA) is 14.1 Å². The number of nitrogens with zero attached hydrogens (tertiary/aromatic N) is 1. The molecule has 0 N–H and O–H groups in total. The summed E-state index contributed by atoms with van der Waals surface area (Å²) in [6.07, 6.45) is 7.71. The van der Waals surface area contributed by atoms with Crippen LogP contribution in [0.25, 0.3) is 0 Å². The van der Waals surface area contributed by atoms with E-state index >= 15 is 0 Å². The van der Waals surface area contributed by atoms with Crippen molar-refractivity contribution in [1.82, 2.24) is 5.09 Å². The Labute approximate surface area is 71.1 Å². The van der Waals surface area contributed by atoms with Gasteiger partial charge in [-0.1, -0.05) is 19.8 Å². The summed E-state index contributed by atoms with van der Waals surface area (Å²) in [5.74, 6) is 0. The van der Waals surface area contributed by atoms with Crippen LogP contribution in [0.3, 0.4) is 0 Å². The van der Waals surface area contributed by atoms with Crippen LogP contribution >= 0.6 is 15.9 Å². The molecule has 0 saturated heterocycles. The monoisotopic (exact) mass is 184 g/mol. The number of allylic oxidation sites excluding steroid dienone is 1. The van der Waals surface area contributed by atoms with E-state index in [-0.39, 0.29) is 0 Å². The van der Waals surface area contributed by atoms with Gasteiger partial charge >= 0.3 is 0 Å². The third kappa shape index (κ3) is 1.37. The SMILES string of the molecule is CC1(C2=C[N]P=P2)CCCC1. The fraction of sp³-hybridized carbons (Fsp3) is 0.750. The van der Waals surface area contributed by atoms with Crippen LogP contribution in [0.5, 0.6) is 0 Å². The zero-order chi connectivity index (χ0) is 7.73. The van der Waals surface area contributed by atoms with E-state index in [0.717, 1.165) is 0 Å². The molecule has 59 valence electrons. The Morgan fingerprint density at radius 2 is 2.18 bits per heavy atom. The van der Waals surface area contributed by atoms with Crippen LogP contribution in [0.2, 0.25) is 0 Å². The molecular weight excluding hydrogens is 172 g/mol. The maximum absolute atomic E-state index is 4.25. The molecule has 0 aromatic heterocycles. The van der Waals surface area contributed by atoms with Gasteiger partial charge in [-0.2, -0.15) is 0 Å². The molecule has 0 bridgehead atoms. The number of rotatable bonds is 1. The third-order valence-corrected chi connectivity index (χ3v) is 5.11. The molecule has 1 aliphatic heterocycles. The Morgan fingerprint density at radius 1 is 1.45 bits per heavy atom. The molecule has 0 aromatic carbocycles. The Hall–Kier alpha value is 0.140. The summed E-state index contributed by atoms with van der Waals surface area (Å²) in [4.78, 5) is 0. The van der Waals surface area contributed by atoms with Gasteiger partial charge < -0.3 is 0 Å². The fourth-order valence-corrected chi connectivity index (χ4v) is 4.33. The van der Waals surface area contributed by atoms with Crippen LogP contribution in [-0.4, -0.2) is 0 Å². The molecular formula is C8H12NP2. The third-order valence-electron chi connectivity index (χ3n) is 2.71. The highest BCUT2D eigenvalue weighted by Gasteiger charge is 2.32. The highest BCUT2D eigenvalue weighted by Crippen LogP contribution is 2.51. The molecule has 11 heavy (non-hydrogen) atoms. The molecule has 1 nitrogen and oxygen atoms in total. The van der Waals surface area contributed by atoms with Gasteiger partial charge in [-0.05, 0) is 26.1 Å². The minimum Gasteiger partial charge on any atom is -0.230 e. The normalized spacial score (nSPS) is 29.7. The standard InChI is InChI=1S/C8H12NP2/c1-8(4-2-3-5-8)7-6-9-11-10-7/h6H,2-5H2,1H3. The first-order chi connectivity index (χ1) is 5.31. The lowest BCUT2D eigenvalue weighted by Crippen LogP contribution is -2.10. The van der Waals surface area contributed by atoms with E-state index in [0.29, 0.717) is 5.41 Å². The maximum atomic E-state index is 4.25. The molecule has 2 rings (SSSR count). The smallest absolute Gasteiger partial charge is 0.0696 e. The molecule has 1 fully saturated rings. The van der Waals surface area contributed by atoms with E-state index in [1.54, 1.807) is 5.31 Å². The van der Waals surface area contributed by atoms with Gasteiger partial charge in [0.1, 0.15) is 0 Å². The average molecular weight is 184 g/mol. The van der Waals surface area contributed by atoms with Gasteiger partial charge in [0.05, 0.1) is 8.02 Å². The van der Waals surface area contributed by atoms with Crippen molar-refractivity contribution in [3.05, 3.63) is 11.5 Å². The van der Waals surface area contributed by atoms with Gasteiger partial charge in [0.2, 0.25) is 0 Å². The van der Waals surface area contributed by atoms with Gasteiger partial charge in [0.15, 0.2) is 0 Å². The first kappa shape index (κ1) is 7.77. The lowest BCUT2D eigenvalue weighted by molar-refractivity contribution is 0.436. The summed E-state index contributed by atoms with van der Waals surface area (Å²) < 4.78 is 0. The van der Waals surface area contributed by atoms with Crippen LogP contribution in [-0.2, 0) is 0 Å². The zero-order valence-electron chi connectivity index (χ0n) is 6.75. The summed E-state index contributed by atoms with van der Waals surface area (Å²) in [6.45, 7) is 2.40. The second-order valence-electron chi connectivity index (χ2n) is 3.59. The van der Waals surface area contributed by atoms with Gasteiger partial charge in [-0.25, -0.2) is 5.09 Å². The largest absolute Gasteiger partial charge is 0.230 e. The second kappa shape index (κ2) is 2.88. The van der Waals surface area contributed by atoms with Crippen LogP contribution in [0.4, 0.5) is 0 Å². The molecule has 1 aliphatic carbocycles. The summed E-state index contributed by atoms with van der Waals surface area (Å²) in [5, 5.41) is 5.83. The first-order valence-corrected chi connectivity index (χ1v) is 6.57. The predicted octanol–water partition coefficient (Wildman–Crippen LogP) is 3.75. The molecule has 0 amide bonds. The minimum atomic E-state index is 0.522. The molecule has 0 spiro atoms. The van der Waals surface area contributed by atoms with Crippen LogP contribution in [0, 0.1) is 5.41 Å². The summed E-state index contributed by atoms with van der Waals surface area (Å²) in [6, 6.07) is 0. The van der Waals surface area contributed by atoms with Crippen LogP contribution in [0.1, 0.15) is 32.6 Å². The highest BCUT2D eigenvalue weighted by molar-refractivity contribution is 7.85. The van der Waals surface area contributed by atoms with Gasteiger partial charge in [0, 0.05) is 11.5 Å². The Balaban J connectivity index is 2.18. The fourth-order valence-electron chi connectivity index (χ4n) is 1.87. The van der Waals surface area contributed by atoms with Crippen molar-refractivity contribution >= 4 is 15.9 Å². The van der Waals surface area contributed by atoms with Crippen molar-refractivity contribution in [2.45, 2.75) is 32.6 Å². The van der Waals surface area contributed by atoms with E-state index in [1.165, 1.54) is 41.6 Å². The first-order valence-electron chi connectivity index (χ1n) is 4.13. The lowest BCUT2D eigenvalue weighted by atomic mass is 9.88. The second-order valence-corrected chi connectivity index (χ2v) is 5.82. The molecule has 1 heterocycles. The summed E-state index contributed by atoms with van der Waals surface area (Å²) in [7, 11) is 2.67. The van der Waals surface area contributed by atoms with E-state index in [1.807, 2.05) is 0 Å². The van der Waals surface area contributed by atoms with Crippen molar-refractivity contribution in [2.75, 3.05) is 0 Å². The maximum Gasteiger partial charge on any atom is 0.0696 e. The van der Waals surface area contributed by atoms with Crippen molar-refractivity contribution in [1.29, 1.82) is 0 Å². The van der Waals surface area contributed by atoms with Crippen molar-refractivity contribution in [3.63, 3.8) is 0 Å².